The zero-order chi connectivity index (χ0) is 83.7. The normalized spacial score (nSPS) is 14.4. The van der Waals surface area contributed by atoms with Crippen LogP contribution in [-0.2, 0) is 81.5 Å². The van der Waals surface area contributed by atoms with E-state index >= 15 is 0 Å². The summed E-state index contributed by atoms with van der Waals surface area (Å²) in [4.78, 5) is 170. The van der Waals surface area contributed by atoms with Crippen molar-refractivity contribution in [3.8, 4) is 22.6 Å². The molecule has 0 unspecified atom stereocenters. The number of carboxylic acids is 1. The molecule has 5 aromatic carbocycles. The van der Waals surface area contributed by atoms with E-state index in [0.29, 0.717) is 16.7 Å². The molecule has 10 amide bonds. The molecule has 5 aromatic rings. The number of fused-ring (bicyclic) bond motifs is 3. The molecule has 0 bridgehead atoms. The molecule has 6 rings (SSSR count). The summed E-state index contributed by atoms with van der Waals surface area (Å²) < 4.78 is 5.84. The number of nitrogens with one attached hydrogen (secondary N) is 14. The van der Waals surface area contributed by atoms with Gasteiger partial charge in [-0.1, -0.05) is 131 Å². The lowest BCUT2D eigenvalue weighted by Crippen LogP contribution is -2.61. The van der Waals surface area contributed by atoms with Gasteiger partial charge in [-0.15, -0.1) is 0 Å². The summed E-state index contributed by atoms with van der Waals surface area (Å²) >= 11 is 4.32. The van der Waals surface area contributed by atoms with E-state index in [1.807, 2.05) is 62.4 Å². The Morgan fingerprint density at radius 1 is 0.439 bits per heavy atom. The number of aromatic hydroxyl groups is 2. The molecule has 34 nitrogen and oxygen atoms in total. The first-order valence-corrected chi connectivity index (χ1v) is 38.2. The minimum absolute atomic E-state index is 0.00426. The van der Waals surface area contributed by atoms with E-state index in [1.165, 1.54) is 55.5 Å². The zero-order valence-electron chi connectivity index (χ0n) is 64.3. The second kappa shape index (κ2) is 45.6. The monoisotopic (exact) mass is 1600 g/mol. The smallest absolute Gasteiger partial charge is 0.326 e. The van der Waals surface area contributed by atoms with Gasteiger partial charge < -0.3 is 106 Å². The Kier molecular flexibility index (Phi) is 36.4. The van der Waals surface area contributed by atoms with Gasteiger partial charge in [0.15, 0.2) is 11.9 Å². The van der Waals surface area contributed by atoms with Crippen LogP contribution in [0.5, 0.6) is 11.5 Å². The third-order valence-corrected chi connectivity index (χ3v) is 18.9. The van der Waals surface area contributed by atoms with Crippen molar-refractivity contribution in [2.24, 2.45) is 29.0 Å². The van der Waals surface area contributed by atoms with Crippen molar-refractivity contribution in [1.29, 1.82) is 10.8 Å². The number of carbonyl (C=O) groups excluding carboxylic acids is 11. The predicted molar refractivity (Wildman–Crippen MR) is 426 cm³/mol. The van der Waals surface area contributed by atoms with E-state index in [9.17, 15) is 78.0 Å². The Hall–Kier alpha value is -11.8. The van der Waals surface area contributed by atoms with E-state index in [0.717, 1.165) is 22.3 Å². The molecular formula is C79H107N17O17S. The number of phenols is 2. The average molecular weight is 1600 g/mol. The first-order chi connectivity index (χ1) is 54.2. The van der Waals surface area contributed by atoms with Crippen LogP contribution in [0.15, 0.2) is 127 Å². The number of rotatable bonds is 46. The maximum atomic E-state index is 14.7. The number of aliphatic carboxylic acids is 1. The Morgan fingerprint density at radius 3 is 1.24 bits per heavy atom. The Morgan fingerprint density at radius 2 is 0.798 bits per heavy atom. The van der Waals surface area contributed by atoms with Crippen LogP contribution < -0.4 is 81.0 Å². The van der Waals surface area contributed by atoms with E-state index in [1.54, 1.807) is 44.2 Å². The highest BCUT2D eigenvalue weighted by Crippen LogP contribution is 2.44. The fourth-order valence-corrected chi connectivity index (χ4v) is 12.8. The molecule has 0 radical (unpaired) electrons. The second-order valence-electron chi connectivity index (χ2n) is 28.7. The number of phenolic OH excluding ortho intramolecular Hbond substituents is 2. The van der Waals surface area contributed by atoms with Crippen molar-refractivity contribution in [2.45, 2.75) is 178 Å². The lowest BCUT2D eigenvalue weighted by molar-refractivity contribution is -0.145. The molecule has 11 atom stereocenters. The number of benzene rings is 5. The third kappa shape index (κ3) is 29.7. The fraction of sp³-hybridized carbons (Fsp3) is 0.443. The van der Waals surface area contributed by atoms with Crippen molar-refractivity contribution in [1.82, 2.24) is 63.8 Å². The SMILES string of the molecule is CC(C)C[C@H](NC(=O)[C@H](Cc1ccccc1)NC(=O)[C@H](CCCNC(=N)N)NC(=O)[C@H](Cc1ccc(O)cc1)NC(=O)[C@H](CO)NC(=O)[C@H](CS)NC(=O)[C@H](CCC(=O)OCC1c2ccccc2-c2ccccc21)NC(=O)[C@H](C)NC(=O)[C@H](CCCNC(=N)N)NC(=O)[C@H](Cc1ccc(O)cc1)NC(=O)[C@@H](N)CC(C)C)C(=O)O. The summed E-state index contributed by atoms with van der Waals surface area (Å²) in [6.07, 6.45) is -1.43. The number of ether oxygens (including phenoxy) is 1. The first-order valence-electron chi connectivity index (χ1n) is 37.6. The number of aliphatic hydroxyl groups is 1. The number of hydrogen-bond donors (Lipinski definition) is 22. The molecule has 0 aliphatic heterocycles. The number of aliphatic hydroxyl groups excluding tert-OH is 1. The molecule has 1 aliphatic carbocycles. The third-order valence-electron chi connectivity index (χ3n) is 18.6. The molecule has 0 heterocycles. The number of carbonyl (C=O) groups is 12. The van der Waals surface area contributed by atoms with E-state index in [4.69, 9.17) is 32.8 Å². The topological polar surface area (TPSA) is 565 Å². The van der Waals surface area contributed by atoms with Gasteiger partial charge >= 0.3 is 11.9 Å². The van der Waals surface area contributed by atoms with Crippen molar-refractivity contribution in [2.75, 3.05) is 32.1 Å². The number of amides is 10. The highest BCUT2D eigenvalue weighted by Gasteiger charge is 2.38. The van der Waals surface area contributed by atoms with Gasteiger partial charge in [-0.05, 0) is 127 Å². The molecule has 616 valence electrons. The second-order valence-corrected chi connectivity index (χ2v) is 29.1. The average Bonchev–Trinajstić information content (AvgIpc) is 1.62. The number of carboxylic acid groups (broad SMARTS) is 1. The van der Waals surface area contributed by atoms with Crippen LogP contribution in [0.2, 0.25) is 0 Å². The van der Waals surface area contributed by atoms with E-state index in [-0.39, 0.29) is 113 Å². The highest BCUT2D eigenvalue weighted by molar-refractivity contribution is 7.80. The molecule has 35 heteroatoms. The quantitative estimate of drug-likeness (QED) is 0.00806. The predicted octanol–water partition coefficient (Wildman–Crippen LogP) is 0.0822. The van der Waals surface area contributed by atoms with Crippen molar-refractivity contribution < 1.29 is 82.7 Å². The minimum Gasteiger partial charge on any atom is -0.508 e. The summed E-state index contributed by atoms with van der Waals surface area (Å²) in [5.41, 5.74) is 22.4. The number of nitrogens with two attached hydrogens (primary N) is 3. The molecule has 0 aromatic heterocycles. The molecule has 0 saturated carbocycles. The summed E-state index contributed by atoms with van der Waals surface area (Å²) in [6.45, 7) is 7.33. The summed E-state index contributed by atoms with van der Waals surface area (Å²) in [5.74, 6) is -13.8. The molecule has 24 N–H and O–H groups in total. The molecule has 114 heavy (non-hydrogen) atoms. The molecular weight excluding hydrogens is 1490 g/mol. The van der Waals surface area contributed by atoms with E-state index in [2.05, 4.69) is 76.4 Å². The lowest BCUT2D eigenvalue weighted by atomic mass is 9.98. The van der Waals surface area contributed by atoms with Gasteiger partial charge in [0.2, 0.25) is 59.1 Å². The number of guanidine groups is 2. The fourth-order valence-electron chi connectivity index (χ4n) is 12.6. The first kappa shape index (κ1) is 91.0. The summed E-state index contributed by atoms with van der Waals surface area (Å²) in [6, 6.07) is 18.4. The maximum Gasteiger partial charge on any atom is 0.326 e. The van der Waals surface area contributed by atoms with Crippen molar-refractivity contribution in [3.63, 3.8) is 0 Å². The van der Waals surface area contributed by atoms with Crippen molar-refractivity contribution >= 4 is 95.6 Å². The zero-order valence-corrected chi connectivity index (χ0v) is 65.2. The molecule has 0 saturated heterocycles. The van der Waals surface area contributed by atoms with Gasteiger partial charge in [0.1, 0.15) is 78.5 Å². The van der Waals surface area contributed by atoms with Crippen LogP contribution in [0.25, 0.3) is 11.1 Å². The van der Waals surface area contributed by atoms with Gasteiger partial charge in [-0.2, -0.15) is 12.6 Å². The van der Waals surface area contributed by atoms with E-state index < -0.39 is 169 Å². The summed E-state index contributed by atoms with van der Waals surface area (Å²) in [5, 5.41) is 87.0. The van der Waals surface area contributed by atoms with Gasteiger partial charge in [-0.25, -0.2) is 4.79 Å². The Bertz CT molecular complexity index is 4090. The number of thiol groups is 1. The summed E-state index contributed by atoms with van der Waals surface area (Å²) in [7, 11) is 0. The van der Waals surface area contributed by atoms with Crippen LogP contribution in [0.4, 0.5) is 0 Å². The molecule has 0 spiro atoms. The lowest BCUT2D eigenvalue weighted by Gasteiger charge is -2.28. The number of hydrogen-bond acceptors (Lipinski definition) is 20. The highest BCUT2D eigenvalue weighted by atomic mass is 32.1. The Balaban J connectivity index is 1.23. The molecule has 1 aliphatic rings. The Labute approximate surface area is 666 Å². The van der Waals surface area contributed by atoms with Gasteiger partial charge in [0.25, 0.3) is 0 Å². The standard InChI is InChI=1S/C79H107N17O17S/c1-43(2)35-56(80)68(102)91-60(38-47-23-27-49(98)28-24-47)72(106)89-57(21-13-33-85-78(81)82)69(103)87-45(5)67(101)88-59(31-32-66(100)113-41-55-53-19-11-9-17-51(53)52-18-10-12-20-54(52)55)71(105)96-65(42-114)76(110)95-64(40-97)75(109)93-62(39-48-25-29-50(99)30-26-48)73(107)90-58(22-14-34-86-79(83)84)70(104)92-61(37-46-15-7-6-8-16-46)74(108)94-63(77(111)112)36-44(3)4/h6-12,15-20,23-30,43-45,55-65,97-99,114H,13-14,21-22,31-42,80H2,1-5H3,(H,87,103)(H,88,101)(H,89,106)(H,90,107)(H,91,102)(H,92,104)(H,93,109)(H,94,108)(H,95,110)(H,96,105)(H,111,112)(H4,81,82,85)(H4,83,84,86)/t45-,56-,57-,58-,59-,60-,61-,62-,63-,64-,65-/m0/s1. The van der Waals surface area contributed by atoms with Crippen molar-refractivity contribution in [3.05, 3.63) is 155 Å². The number of esters is 1. The molecule has 0 fully saturated rings. The van der Waals surface area contributed by atoms with Crippen LogP contribution in [-0.4, -0.2) is 202 Å². The van der Waals surface area contributed by atoms with Gasteiger partial charge in [0, 0.05) is 50.4 Å². The largest absolute Gasteiger partial charge is 0.508 e. The van der Waals surface area contributed by atoms with Crippen LogP contribution in [0.3, 0.4) is 0 Å². The maximum absolute atomic E-state index is 14.7. The van der Waals surface area contributed by atoms with Crippen LogP contribution in [0, 0.1) is 22.7 Å². The van der Waals surface area contributed by atoms with Gasteiger partial charge in [0.05, 0.1) is 12.6 Å². The van der Waals surface area contributed by atoms with Crippen LogP contribution in [0.1, 0.15) is 120 Å². The van der Waals surface area contributed by atoms with Gasteiger partial charge in [-0.3, -0.25) is 63.6 Å². The minimum atomic E-state index is -1.91. The van der Waals surface area contributed by atoms with Crippen LogP contribution >= 0.6 is 12.6 Å².